The standard InChI is InChI=1S/C18H27NO/c1-13(2)20-18-6-4-3-5-16(18)11-19-12-17-10-14-7-8-15(17)9-14/h3-6,13-15,17,19H,7-12H2,1-2H3. The average Bonchev–Trinajstić information content (AvgIpc) is 3.02. The second kappa shape index (κ2) is 6.17. The Hall–Kier alpha value is -1.02. The van der Waals surface area contributed by atoms with Gasteiger partial charge in [0, 0.05) is 12.1 Å². The molecule has 0 aliphatic heterocycles. The van der Waals surface area contributed by atoms with Gasteiger partial charge in [-0.15, -0.1) is 0 Å². The molecule has 0 saturated heterocycles. The van der Waals surface area contributed by atoms with Crippen LogP contribution in [0.2, 0.25) is 0 Å². The molecule has 1 aromatic carbocycles. The maximum Gasteiger partial charge on any atom is 0.124 e. The Labute approximate surface area is 122 Å². The minimum absolute atomic E-state index is 0.238. The lowest BCUT2D eigenvalue weighted by Gasteiger charge is -2.22. The lowest BCUT2D eigenvalue weighted by molar-refractivity contribution is 0.239. The summed E-state index contributed by atoms with van der Waals surface area (Å²) in [5, 5.41) is 3.66. The summed E-state index contributed by atoms with van der Waals surface area (Å²) in [5.41, 5.74) is 1.28. The number of para-hydroxylation sites is 1. The van der Waals surface area contributed by atoms with Crippen molar-refractivity contribution in [3.8, 4) is 5.75 Å². The molecule has 2 saturated carbocycles. The molecule has 1 N–H and O–H groups in total. The zero-order valence-corrected chi connectivity index (χ0v) is 12.8. The molecular formula is C18H27NO. The molecule has 0 aromatic heterocycles. The van der Waals surface area contributed by atoms with Crippen LogP contribution in [0.15, 0.2) is 24.3 Å². The molecule has 0 amide bonds. The Morgan fingerprint density at radius 1 is 1.20 bits per heavy atom. The monoisotopic (exact) mass is 273 g/mol. The summed E-state index contributed by atoms with van der Waals surface area (Å²) in [5.74, 6) is 4.01. The summed E-state index contributed by atoms with van der Waals surface area (Å²) in [6.45, 7) is 6.27. The molecule has 1 aromatic rings. The van der Waals surface area contributed by atoms with Crippen molar-refractivity contribution < 1.29 is 4.74 Å². The Morgan fingerprint density at radius 2 is 2.05 bits per heavy atom. The van der Waals surface area contributed by atoms with Crippen molar-refractivity contribution in [2.45, 2.75) is 52.2 Å². The molecule has 3 unspecified atom stereocenters. The molecule has 2 fully saturated rings. The zero-order chi connectivity index (χ0) is 13.9. The summed E-state index contributed by atoms with van der Waals surface area (Å²) in [6, 6.07) is 8.40. The van der Waals surface area contributed by atoms with Gasteiger partial charge in [0.1, 0.15) is 5.75 Å². The van der Waals surface area contributed by atoms with Crippen LogP contribution in [0.1, 0.15) is 45.1 Å². The quantitative estimate of drug-likeness (QED) is 0.846. The van der Waals surface area contributed by atoms with E-state index >= 15 is 0 Å². The van der Waals surface area contributed by atoms with E-state index in [4.69, 9.17) is 4.74 Å². The summed E-state index contributed by atoms with van der Waals surface area (Å²) >= 11 is 0. The minimum atomic E-state index is 0.238. The van der Waals surface area contributed by atoms with E-state index in [1.54, 1.807) is 0 Å². The maximum absolute atomic E-state index is 5.88. The van der Waals surface area contributed by atoms with Crippen LogP contribution >= 0.6 is 0 Å². The molecule has 110 valence electrons. The first kappa shape index (κ1) is 13.9. The van der Waals surface area contributed by atoms with Crippen LogP contribution in [0.5, 0.6) is 5.75 Å². The maximum atomic E-state index is 5.88. The summed E-state index contributed by atoms with van der Waals surface area (Å²) in [4.78, 5) is 0. The fourth-order valence-corrected chi connectivity index (χ4v) is 4.04. The molecular weight excluding hydrogens is 246 g/mol. The highest BCUT2D eigenvalue weighted by Gasteiger charge is 2.38. The Balaban J connectivity index is 1.51. The first-order valence-corrected chi connectivity index (χ1v) is 8.17. The van der Waals surface area contributed by atoms with Gasteiger partial charge < -0.3 is 10.1 Å². The van der Waals surface area contributed by atoms with Crippen molar-refractivity contribution in [3.63, 3.8) is 0 Å². The lowest BCUT2D eigenvalue weighted by Crippen LogP contribution is -2.26. The smallest absolute Gasteiger partial charge is 0.124 e. The first-order valence-electron chi connectivity index (χ1n) is 8.17. The molecule has 20 heavy (non-hydrogen) atoms. The normalized spacial score (nSPS) is 28.2. The van der Waals surface area contributed by atoms with Crippen LogP contribution in [0.25, 0.3) is 0 Å². The Bertz CT molecular complexity index is 443. The average molecular weight is 273 g/mol. The van der Waals surface area contributed by atoms with Crippen LogP contribution in [0, 0.1) is 17.8 Å². The van der Waals surface area contributed by atoms with E-state index in [2.05, 4.69) is 43.4 Å². The van der Waals surface area contributed by atoms with Crippen molar-refractivity contribution in [2.24, 2.45) is 17.8 Å². The highest BCUT2D eigenvalue weighted by Crippen LogP contribution is 2.47. The summed E-state index contributed by atoms with van der Waals surface area (Å²) < 4.78 is 5.88. The first-order chi connectivity index (χ1) is 9.72. The van der Waals surface area contributed by atoms with Gasteiger partial charge in [0.05, 0.1) is 6.10 Å². The number of rotatable bonds is 6. The van der Waals surface area contributed by atoms with E-state index in [0.29, 0.717) is 0 Å². The topological polar surface area (TPSA) is 21.3 Å². The molecule has 2 bridgehead atoms. The Morgan fingerprint density at radius 3 is 2.75 bits per heavy atom. The largest absolute Gasteiger partial charge is 0.491 e. The predicted molar refractivity (Wildman–Crippen MR) is 82.9 cm³/mol. The molecule has 2 heteroatoms. The van der Waals surface area contributed by atoms with E-state index in [1.807, 2.05) is 0 Å². The molecule has 0 radical (unpaired) electrons. The number of hydrogen-bond donors (Lipinski definition) is 1. The minimum Gasteiger partial charge on any atom is -0.491 e. The number of ether oxygens (including phenoxy) is 1. The molecule has 2 aliphatic rings. The van der Waals surface area contributed by atoms with Crippen LogP contribution in [0.3, 0.4) is 0 Å². The van der Waals surface area contributed by atoms with Gasteiger partial charge in [-0.3, -0.25) is 0 Å². The second-order valence-electron chi connectivity index (χ2n) is 6.84. The van der Waals surface area contributed by atoms with Gasteiger partial charge in [-0.2, -0.15) is 0 Å². The SMILES string of the molecule is CC(C)Oc1ccccc1CNCC1CC2CCC1C2. The third-order valence-electron chi connectivity index (χ3n) is 4.94. The highest BCUT2D eigenvalue weighted by atomic mass is 16.5. The number of benzene rings is 1. The van der Waals surface area contributed by atoms with Crippen LogP contribution < -0.4 is 10.1 Å². The van der Waals surface area contributed by atoms with Gasteiger partial charge >= 0.3 is 0 Å². The summed E-state index contributed by atoms with van der Waals surface area (Å²) in [7, 11) is 0. The molecule has 3 atom stereocenters. The van der Waals surface area contributed by atoms with Gasteiger partial charge in [-0.05, 0) is 63.5 Å². The van der Waals surface area contributed by atoms with E-state index < -0.39 is 0 Å². The van der Waals surface area contributed by atoms with Gasteiger partial charge in [-0.25, -0.2) is 0 Å². The summed E-state index contributed by atoms with van der Waals surface area (Å²) in [6.07, 6.45) is 6.17. The highest BCUT2D eigenvalue weighted by molar-refractivity contribution is 5.33. The van der Waals surface area contributed by atoms with E-state index in [1.165, 1.54) is 37.8 Å². The number of nitrogens with one attached hydrogen (secondary N) is 1. The molecule has 2 nitrogen and oxygen atoms in total. The van der Waals surface area contributed by atoms with Crippen LogP contribution in [-0.2, 0) is 6.54 Å². The van der Waals surface area contributed by atoms with Crippen LogP contribution in [0.4, 0.5) is 0 Å². The fraction of sp³-hybridized carbons (Fsp3) is 0.667. The van der Waals surface area contributed by atoms with Crippen molar-refractivity contribution in [3.05, 3.63) is 29.8 Å². The fourth-order valence-electron chi connectivity index (χ4n) is 4.04. The second-order valence-corrected chi connectivity index (χ2v) is 6.84. The Kier molecular flexibility index (Phi) is 4.30. The van der Waals surface area contributed by atoms with Gasteiger partial charge in [0.2, 0.25) is 0 Å². The molecule has 0 spiro atoms. The number of fused-ring (bicyclic) bond motifs is 2. The third-order valence-corrected chi connectivity index (χ3v) is 4.94. The van der Waals surface area contributed by atoms with Gasteiger partial charge in [-0.1, -0.05) is 24.6 Å². The van der Waals surface area contributed by atoms with E-state index in [0.717, 1.165) is 30.0 Å². The predicted octanol–water partition coefficient (Wildman–Crippen LogP) is 4.00. The number of hydrogen-bond acceptors (Lipinski definition) is 2. The van der Waals surface area contributed by atoms with Gasteiger partial charge in [0.25, 0.3) is 0 Å². The zero-order valence-electron chi connectivity index (χ0n) is 12.8. The third kappa shape index (κ3) is 3.17. The van der Waals surface area contributed by atoms with Crippen molar-refractivity contribution in [2.75, 3.05) is 6.54 Å². The van der Waals surface area contributed by atoms with Crippen molar-refractivity contribution >= 4 is 0 Å². The van der Waals surface area contributed by atoms with Crippen molar-refractivity contribution in [1.29, 1.82) is 0 Å². The molecule has 2 aliphatic carbocycles. The molecule has 0 heterocycles. The van der Waals surface area contributed by atoms with Crippen molar-refractivity contribution in [1.82, 2.24) is 5.32 Å². The molecule has 3 rings (SSSR count). The van der Waals surface area contributed by atoms with E-state index in [9.17, 15) is 0 Å². The van der Waals surface area contributed by atoms with E-state index in [-0.39, 0.29) is 6.10 Å². The van der Waals surface area contributed by atoms with Gasteiger partial charge in [0.15, 0.2) is 0 Å². The lowest BCUT2D eigenvalue weighted by atomic mass is 9.89. The van der Waals surface area contributed by atoms with Crippen LogP contribution in [-0.4, -0.2) is 12.6 Å².